The minimum Gasteiger partial charge on any atom is -0.482 e. The zero-order valence-electron chi connectivity index (χ0n) is 12.4. The lowest BCUT2D eigenvalue weighted by Crippen LogP contribution is -2.49. The Morgan fingerprint density at radius 2 is 1.90 bits per heavy atom. The molecule has 0 aromatic heterocycles. The number of ether oxygens (including phenoxy) is 2. The predicted molar refractivity (Wildman–Crippen MR) is 78.0 cm³/mol. The molecule has 1 aliphatic rings. The molecule has 0 unspecified atom stereocenters. The molecule has 0 saturated carbocycles. The highest BCUT2D eigenvalue weighted by atomic mass is 16.6. The summed E-state index contributed by atoms with van der Waals surface area (Å²) in [5, 5.41) is 2.93. The normalized spacial score (nSPS) is 20.8. The monoisotopic (exact) mass is 277 g/mol. The van der Waals surface area contributed by atoms with Gasteiger partial charge >= 0.3 is 0 Å². The van der Waals surface area contributed by atoms with Crippen LogP contribution in [0.15, 0.2) is 24.3 Å². The quantitative estimate of drug-likeness (QED) is 0.842. The van der Waals surface area contributed by atoms with E-state index in [2.05, 4.69) is 19.2 Å². The first kappa shape index (κ1) is 14.7. The predicted octanol–water partition coefficient (Wildman–Crippen LogP) is 2.77. The second kappa shape index (κ2) is 6.64. The van der Waals surface area contributed by atoms with E-state index in [1.165, 1.54) is 0 Å². The smallest absolute Gasteiger partial charge is 0.265 e. The SMILES string of the molecule is CC(C)CCCNC(=O)[C@@H]1Oc2ccccc2O[C@@H]1C. The number of fused-ring (bicyclic) bond motifs is 1. The highest BCUT2D eigenvalue weighted by molar-refractivity contribution is 5.82. The first-order chi connectivity index (χ1) is 9.58. The Hall–Kier alpha value is -1.71. The van der Waals surface area contributed by atoms with Gasteiger partial charge in [0.25, 0.3) is 5.91 Å². The molecule has 2 rings (SSSR count). The Kier molecular flexibility index (Phi) is 4.88. The zero-order chi connectivity index (χ0) is 14.5. The Balaban J connectivity index is 1.88. The largest absolute Gasteiger partial charge is 0.482 e. The third-order valence-electron chi connectivity index (χ3n) is 3.36. The Morgan fingerprint density at radius 3 is 2.55 bits per heavy atom. The van der Waals surface area contributed by atoms with E-state index in [4.69, 9.17) is 9.47 Å². The molecule has 0 saturated heterocycles. The lowest BCUT2D eigenvalue weighted by Gasteiger charge is -2.31. The average molecular weight is 277 g/mol. The fraction of sp³-hybridized carbons (Fsp3) is 0.562. The maximum Gasteiger partial charge on any atom is 0.265 e. The van der Waals surface area contributed by atoms with Gasteiger partial charge in [-0.15, -0.1) is 0 Å². The van der Waals surface area contributed by atoms with Crippen molar-refractivity contribution in [2.75, 3.05) is 6.54 Å². The standard InChI is InChI=1S/C16H23NO3/c1-11(2)7-6-10-17-16(18)15-12(3)19-13-8-4-5-9-14(13)20-15/h4-5,8-9,11-12,15H,6-7,10H2,1-3H3,(H,17,18)/t12-,15-/m1/s1. The van der Waals surface area contributed by atoms with E-state index in [1.54, 1.807) is 0 Å². The molecule has 110 valence electrons. The van der Waals surface area contributed by atoms with Crippen LogP contribution in [0, 0.1) is 5.92 Å². The summed E-state index contributed by atoms with van der Waals surface area (Å²) in [5.74, 6) is 1.89. The summed E-state index contributed by atoms with van der Waals surface area (Å²) in [6.45, 7) is 6.90. The number of hydrogen-bond donors (Lipinski definition) is 1. The van der Waals surface area contributed by atoms with Crippen LogP contribution in [0.1, 0.15) is 33.6 Å². The second-order valence-electron chi connectivity index (χ2n) is 5.64. The van der Waals surface area contributed by atoms with E-state index in [-0.39, 0.29) is 12.0 Å². The zero-order valence-corrected chi connectivity index (χ0v) is 12.4. The van der Waals surface area contributed by atoms with Crippen LogP contribution < -0.4 is 14.8 Å². The van der Waals surface area contributed by atoms with Gasteiger partial charge in [0, 0.05) is 6.54 Å². The summed E-state index contributed by atoms with van der Waals surface area (Å²) >= 11 is 0. The minimum absolute atomic E-state index is 0.101. The van der Waals surface area contributed by atoms with Gasteiger partial charge in [-0.25, -0.2) is 0 Å². The van der Waals surface area contributed by atoms with Crippen molar-refractivity contribution >= 4 is 5.91 Å². The number of carbonyl (C=O) groups is 1. The molecule has 0 fully saturated rings. The van der Waals surface area contributed by atoms with Crippen molar-refractivity contribution in [3.8, 4) is 11.5 Å². The summed E-state index contributed by atoms with van der Waals surface area (Å²) in [4.78, 5) is 12.1. The van der Waals surface area contributed by atoms with Crippen LogP contribution in [0.3, 0.4) is 0 Å². The van der Waals surface area contributed by atoms with Gasteiger partial charge in [0.05, 0.1) is 0 Å². The first-order valence-corrected chi connectivity index (χ1v) is 7.28. The minimum atomic E-state index is -0.580. The van der Waals surface area contributed by atoms with Gasteiger partial charge in [-0.2, -0.15) is 0 Å². The van der Waals surface area contributed by atoms with E-state index in [9.17, 15) is 4.79 Å². The van der Waals surface area contributed by atoms with Crippen LogP contribution in [0.2, 0.25) is 0 Å². The molecule has 1 aliphatic heterocycles. The number of carbonyl (C=O) groups excluding carboxylic acids is 1. The summed E-state index contributed by atoms with van der Waals surface area (Å²) in [5.41, 5.74) is 0. The molecule has 1 amide bonds. The molecular formula is C16H23NO3. The molecule has 0 aliphatic carbocycles. The van der Waals surface area contributed by atoms with Crippen molar-refractivity contribution in [2.24, 2.45) is 5.92 Å². The highest BCUT2D eigenvalue weighted by Crippen LogP contribution is 2.33. The summed E-state index contributed by atoms with van der Waals surface area (Å²) in [7, 11) is 0. The van der Waals surface area contributed by atoms with Crippen LogP contribution in [0.25, 0.3) is 0 Å². The van der Waals surface area contributed by atoms with Crippen molar-refractivity contribution in [1.82, 2.24) is 5.32 Å². The van der Waals surface area contributed by atoms with E-state index in [1.807, 2.05) is 31.2 Å². The van der Waals surface area contributed by atoms with Crippen LogP contribution >= 0.6 is 0 Å². The van der Waals surface area contributed by atoms with Crippen LogP contribution in [-0.2, 0) is 4.79 Å². The summed E-state index contributed by atoms with van der Waals surface area (Å²) in [6.07, 6.45) is 1.24. The molecule has 0 bridgehead atoms. The van der Waals surface area contributed by atoms with Gasteiger partial charge in [0.1, 0.15) is 6.10 Å². The Labute approximate surface area is 120 Å². The van der Waals surface area contributed by atoms with Crippen molar-refractivity contribution in [3.63, 3.8) is 0 Å². The number of benzene rings is 1. The molecule has 20 heavy (non-hydrogen) atoms. The Morgan fingerprint density at radius 1 is 1.25 bits per heavy atom. The number of rotatable bonds is 5. The van der Waals surface area contributed by atoms with Gasteiger partial charge < -0.3 is 14.8 Å². The molecule has 1 aromatic carbocycles. The van der Waals surface area contributed by atoms with Gasteiger partial charge in [0.2, 0.25) is 6.10 Å². The molecule has 1 N–H and O–H groups in total. The van der Waals surface area contributed by atoms with Gasteiger partial charge in [-0.1, -0.05) is 26.0 Å². The molecule has 4 nitrogen and oxygen atoms in total. The molecular weight excluding hydrogens is 254 g/mol. The topological polar surface area (TPSA) is 47.6 Å². The fourth-order valence-corrected chi connectivity index (χ4v) is 2.23. The van der Waals surface area contributed by atoms with E-state index in [0.29, 0.717) is 24.0 Å². The first-order valence-electron chi connectivity index (χ1n) is 7.28. The molecule has 4 heteroatoms. The second-order valence-corrected chi connectivity index (χ2v) is 5.64. The number of nitrogens with one attached hydrogen (secondary N) is 1. The van der Waals surface area contributed by atoms with E-state index < -0.39 is 6.10 Å². The molecule has 0 radical (unpaired) electrons. The molecule has 2 atom stereocenters. The van der Waals surface area contributed by atoms with Gasteiger partial charge in [-0.05, 0) is 37.8 Å². The van der Waals surface area contributed by atoms with E-state index >= 15 is 0 Å². The Bertz CT molecular complexity index is 459. The third kappa shape index (κ3) is 3.65. The van der Waals surface area contributed by atoms with Crippen LogP contribution in [0.5, 0.6) is 11.5 Å². The van der Waals surface area contributed by atoms with Crippen molar-refractivity contribution in [3.05, 3.63) is 24.3 Å². The van der Waals surface area contributed by atoms with Crippen LogP contribution in [0.4, 0.5) is 0 Å². The van der Waals surface area contributed by atoms with Crippen molar-refractivity contribution < 1.29 is 14.3 Å². The number of para-hydroxylation sites is 2. The molecule has 1 heterocycles. The lowest BCUT2D eigenvalue weighted by molar-refractivity contribution is -0.133. The van der Waals surface area contributed by atoms with Crippen molar-refractivity contribution in [1.29, 1.82) is 0 Å². The fourth-order valence-electron chi connectivity index (χ4n) is 2.23. The van der Waals surface area contributed by atoms with Crippen molar-refractivity contribution in [2.45, 2.75) is 45.8 Å². The van der Waals surface area contributed by atoms with Crippen LogP contribution in [-0.4, -0.2) is 24.7 Å². The molecule has 0 spiro atoms. The average Bonchev–Trinajstić information content (AvgIpc) is 2.42. The number of amides is 1. The highest BCUT2D eigenvalue weighted by Gasteiger charge is 2.33. The number of hydrogen-bond acceptors (Lipinski definition) is 3. The summed E-state index contributed by atoms with van der Waals surface area (Å²) in [6, 6.07) is 7.43. The maximum atomic E-state index is 12.1. The third-order valence-corrected chi connectivity index (χ3v) is 3.36. The van der Waals surface area contributed by atoms with Gasteiger partial charge in [0.15, 0.2) is 11.5 Å². The van der Waals surface area contributed by atoms with Gasteiger partial charge in [-0.3, -0.25) is 4.79 Å². The van der Waals surface area contributed by atoms with E-state index in [0.717, 1.165) is 12.8 Å². The molecule has 1 aromatic rings. The maximum absolute atomic E-state index is 12.1. The summed E-state index contributed by atoms with van der Waals surface area (Å²) < 4.78 is 11.5. The lowest BCUT2D eigenvalue weighted by atomic mass is 10.1.